The first-order chi connectivity index (χ1) is 14.1. The highest BCUT2D eigenvalue weighted by molar-refractivity contribution is 5.67. The molecule has 2 fully saturated rings. The minimum absolute atomic E-state index is 0.176. The average molecular weight is 406 g/mol. The van der Waals surface area contributed by atoms with E-state index in [0.29, 0.717) is 39.0 Å². The van der Waals surface area contributed by atoms with Gasteiger partial charge in [-0.25, -0.2) is 4.79 Å². The van der Waals surface area contributed by atoms with Gasteiger partial charge in [0.25, 0.3) is 0 Å². The van der Waals surface area contributed by atoms with E-state index in [-0.39, 0.29) is 12.1 Å². The molecule has 1 unspecified atom stereocenters. The largest absolute Gasteiger partial charge is 0.445 e. The summed E-state index contributed by atoms with van der Waals surface area (Å²) in [6, 6.07) is 10.0. The first-order valence-corrected chi connectivity index (χ1v) is 10.8. The lowest BCUT2D eigenvalue weighted by molar-refractivity contribution is -0.264. The third-order valence-corrected chi connectivity index (χ3v) is 5.97. The normalized spacial score (nSPS) is 23.1. The number of carbonyl (C=O) groups excluding carboxylic acids is 1. The van der Waals surface area contributed by atoms with Gasteiger partial charge in [0, 0.05) is 51.9 Å². The zero-order chi connectivity index (χ0) is 20.7. The molecular weight excluding hydrogens is 370 g/mol. The number of amides is 1. The van der Waals surface area contributed by atoms with Crippen molar-refractivity contribution in [2.24, 2.45) is 5.73 Å². The Morgan fingerprint density at radius 1 is 1.10 bits per heavy atom. The number of nitrogens with zero attached hydrogens (tertiary/aromatic N) is 2. The molecule has 0 saturated carbocycles. The summed E-state index contributed by atoms with van der Waals surface area (Å²) >= 11 is 0. The van der Waals surface area contributed by atoms with Crippen molar-refractivity contribution in [2.75, 3.05) is 39.4 Å². The summed E-state index contributed by atoms with van der Waals surface area (Å²) in [6.45, 7) is 8.54. The number of hydrogen-bond donors (Lipinski definition) is 1. The van der Waals surface area contributed by atoms with Crippen molar-refractivity contribution in [1.82, 2.24) is 9.80 Å². The zero-order valence-corrected chi connectivity index (χ0v) is 17.7. The van der Waals surface area contributed by atoms with Crippen LogP contribution in [0, 0.1) is 0 Å². The zero-order valence-electron chi connectivity index (χ0n) is 17.7. The molecule has 1 aromatic carbocycles. The van der Waals surface area contributed by atoms with E-state index in [1.54, 1.807) is 0 Å². The molecule has 1 aromatic rings. The van der Waals surface area contributed by atoms with E-state index in [9.17, 15) is 4.79 Å². The van der Waals surface area contributed by atoms with Crippen LogP contribution in [-0.2, 0) is 20.8 Å². The second-order valence-corrected chi connectivity index (χ2v) is 7.79. The van der Waals surface area contributed by atoms with Crippen LogP contribution in [0.15, 0.2) is 30.3 Å². The van der Waals surface area contributed by atoms with Gasteiger partial charge < -0.3 is 24.8 Å². The van der Waals surface area contributed by atoms with Gasteiger partial charge in [0.1, 0.15) is 6.61 Å². The first-order valence-electron chi connectivity index (χ1n) is 10.8. The van der Waals surface area contributed by atoms with Gasteiger partial charge in [-0.1, -0.05) is 30.3 Å². The smallest absolute Gasteiger partial charge is 0.410 e. The number of ether oxygens (including phenoxy) is 3. The van der Waals surface area contributed by atoms with E-state index in [2.05, 4.69) is 4.90 Å². The summed E-state index contributed by atoms with van der Waals surface area (Å²) in [5.74, 6) is -0.665. The number of carbonyl (C=O) groups is 1. The molecule has 2 aliphatic heterocycles. The predicted molar refractivity (Wildman–Crippen MR) is 111 cm³/mol. The monoisotopic (exact) mass is 405 g/mol. The highest BCUT2D eigenvalue weighted by Crippen LogP contribution is 2.30. The number of hydrogen-bond acceptors (Lipinski definition) is 6. The lowest BCUT2D eigenvalue weighted by atomic mass is 9.94. The minimum Gasteiger partial charge on any atom is -0.445 e. The van der Waals surface area contributed by atoms with Gasteiger partial charge >= 0.3 is 6.09 Å². The summed E-state index contributed by atoms with van der Waals surface area (Å²) in [5.41, 5.74) is 7.48. The van der Waals surface area contributed by atoms with Crippen LogP contribution in [-0.4, -0.2) is 73.2 Å². The molecule has 1 atom stereocenters. The van der Waals surface area contributed by atoms with Gasteiger partial charge in [-0.2, -0.15) is 0 Å². The van der Waals surface area contributed by atoms with Crippen LogP contribution in [0.25, 0.3) is 0 Å². The van der Waals surface area contributed by atoms with E-state index in [1.165, 1.54) is 0 Å². The molecule has 1 amide bonds. The Labute approximate surface area is 174 Å². The molecule has 2 N–H and O–H groups in total. The molecule has 0 aromatic heterocycles. The molecule has 0 aliphatic carbocycles. The van der Waals surface area contributed by atoms with E-state index >= 15 is 0 Å². The summed E-state index contributed by atoms with van der Waals surface area (Å²) in [5, 5.41) is 0. The van der Waals surface area contributed by atoms with Crippen molar-refractivity contribution >= 4 is 6.09 Å². The lowest BCUT2D eigenvalue weighted by Gasteiger charge is -2.48. The number of nitrogens with two attached hydrogens (primary N) is 1. The van der Waals surface area contributed by atoms with Crippen LogP contribution in [0.3, 0.4) is 0 Å². The standard InChI is InChI=1S/C22H35N3O4/c1-3-28-22(29-4-2)12-15-25(16-20(22)23)19-10-13-24(14-11-19)21(26)27-17-18-8-6-5-7-9-18/h5-9,19-20H,3-4,10-17,23H2,1-2H3. The number of likely N-dealkylation sites (tertiary alicyclic amines) is 2. The van der Waals surface area contributed by atoms with Gasteiger partial charge in [-0.05, 0) is 32.3 Å². The Morgan fingerprint density at radius 2 is 1.76 bits per heavy atom. The van der Waals surface area contributed by atoms with E-state index < -0.39 is 5.79 Å². The van der Waals surface area contributed by atoms with E-state index in [4.69, 9.17) is 19.9 Å². The topological polar surface area (TPSA) is 77.3 Å². The average Bonchev–Trinajstić information content (AvgIpc) is 2.75. The Bertz CT molecular complexity index is 628. The fraction of sp³-hybridized carbons (Fsp3) is 0.682. The van der Waals surface area contributed by atoms with Gasteiger partial charge in [-0.3, -0.25) is 4.90 Å². The minimum atomic E-state index is -0.665. The molecule has 7 nitrogen and oxygen atoms in total. The fourth-order valence-electron chi connectivity index (χ4n) is 4.41. The highest BCUT2D eigenvalue weighted by Gasteiger charge is 2.44. The van der Waals surface area contributed by atoms with Crippen LogP contribution in [0.4, 0.5) is 4.79 Å². The van der Waals surface area contributed by atoms with Gasteiger partial charge in [0.2, 0.25) is 0 Å². The molecule has 7 heteroatoms. The molecule has 0 spiro atoms. The van der Waals surface area contributed by atoms with E-state index in [0.717, 1.165) is 37.9 Å². The third-order valence-electron chi connectivity index (χ3n) is 5.97. The Hall–Kier alpha value is -1.67. The molecule has 2 heterocycles. The van der Waals surface area contributed by atoms with Crippen molar-refractivity contribution in [3.8, 4) is 0 Å². The quantitative estimate of drug-likeness (QED) is 0.703. The molecule has 3 rings (SSSR count). The Kier molecular flexibility index (Phi) is 7.89. The first kappa shape index (κ1) is 22.0. The summed E-state index contributed by atoms with van der Waals surface area (Å²) in [4.78, 5) is 16.6. The summed E-state index contributed by atoms with van der Waals surface area (Å²) in [7, 11) is 0. The lowest BCUT2D eigenvalue weighted by Crippen LogP contribution is -2.64. The third kappa shape index (κ3) is 5.48. The number of benzene rings is 1. The summed E-state index contributed by atoms with van der Waals surface area (Å²) < 4.78 is 17.3. The van der Waals surface area contributed by atoms with Gasteiger partial charge in [-0.15, -0.1) is 0 Å². The van der Waals surface area contributed by atoms with Crippen LogP contribution >= 0.6 is 0 Å². The molecule has 0 radical (unpaired) electrons. The van der Waals surface area contributed by atoms with Gasteiger partial charge in [0.05, 0.1) is 6.04 Å². The number of rotatable bonds is 7. The SMILES string of the molecule is CCOC1(OCC)CCN(C2CCN(C(=O)OCc3ccccc3)CC2)CC1N. The van der Waals surface area contributed by atoms with E-state index in [1.807, 2.05) is 49.1 Å². The van der Waals surface area contributed by atoms with Crippen molar-refractivity contribution in [1.29, 1.82) is 0 Å². The van der Waals surface area contributed by atoms with Crippen LogP contribution in [0.2, 0.25) is 0 Å². The van der Waals surface area contributed by atoms with Crippen LogP contribution in [0.1, 0.15) is 38.7 Å². The fourth-order valence-corrected chi connectivity index (χ4v) is 4.41. The molecule has 2 saturated heterocycles. The van der Waals surface area contributed by atoms with Crippen molar-refractivity contribution < 1.29 is 19.0 Å². The maximum absolute atomic E-state index is 12.4. The summed E-state index contributed by atoms with van der Waals surface area (Å²) in [6.07, 6.45) is 2.41. The maximum Gasteiger partial charge on any atom is 0.410 e. The molecular formula is C22H35N3O4. The van der Waals surface area contributed by atoms with Crippen LogP contribution in [0.5, 0.6) is 0 Å². The Balaban J connectivity index is 1.45. The second kappa shape index (κ2) is 10.4. The molecule has 29 heavy (non-hydrogen) atoms. The molecule has 2 aliphatic rings. The van der Waals surface area contributed by atoms with Gasteiger partial charge in [0.15, 0.2) is 5.79 Å². The maximum atomic E-state index is 12.4. The highest BCUT2D eigenvalue weighted by atomic mass is 16.7. The molecule has 0 bridgehead atoms. The van der Waals surface area contributed by atoms with Crippen LogP contribution < -0.4 is 5.73 Å². The van der Waals surface area contributed by atoms with Crippen molar-refractivity contribution in [3.05, 3.63) is 35.9 Å². The Morgan fingerprint density at radius 3 is 2.34 bits per heavy atom. The van der Waals surface area contributed by atoms with Crippen molar-refractivity contribution in [2.45, 2.75) is 57.6 Å². The number of piperidine rings is 2. The van der Waals surface area contributed by atoms with Crippen molar-refractivity contribution in [3.63, 3.8) is 0 Å². The second-order valence-electron chi connectivity index (χ2n) is 7.79. The molecule has 162 valence electrons. The predicted octanol–water partition coefficient (Wildman–Crippen LogP) is 2.59.